The van der Waals surface area contributed by atoms with Gasteiger partial charge >= 0.3 is 0 Å². The molecule has 1 aromatic rings. The topological polar surface area (TPSA) is 69.7 Å². The van der Waals surface area contributed by atoms with E-state index >= 15 is 0 Å². The second-order valence-electron chi connectivity index (χ2n) is 6.82. The number of sulfonamides is 1. The molecular formula is C19H31N3O3S. The van der Waals surface area contributed by atoms with Gasteiger partial charge in [0.15, 0.2) is 0 Å². The van der Waals surface area contributed by atoms with Gasteiger partial charge in [0.2, 0.25) is 15.9 Å². The number of hydrogen-bond donors (Lipinski definition) is 1. The van der Waals surface area contributed by atoms with Crippen LogP contribution in [0.15, 0.2) is 24.3 Å². The number of nitrogens with one attached hydrogen (secondary N) is 1. The summed E-state index contributed by atoms with van der Waals surface area (Å²) in [5.41, 5.74) is 1.66. The normalized spacial score (nSPS) is 15.0. The summed E-state index contributed by atoms with van der Waals surface area (Å²) < 4.78 is 25.7. The SMILES string of the molecule is CCN(CC)c1ccc(N(CCC(=O)NC2CCCC2)S(C)(=O)=O)cc1. The number of nitrogens with zero attached hydrogens (tertiary/aromatic N) is 2. The van der Waals surface area contributed by atoms with E-state index < -0.39 is 10.0 Å². The number of carbonyl (C=O) groups excluding carboxylic acids is 1. The Labute approximate surface area is 157 Å². The summed E-state index contributed by atoms with van der Waals surface area (Å²) in [6.45, 7) is 6.12. The molecule has 1 fully saturated rings. The van der Waals surface area contributed by atoms with Crippen molar-refractivity contribution in [3.8, 4) is 0 Å². The molecule has 2 rings (SSSR count). The maximum atomic E-state index is 12.2. The lowest BCUT2D eigenvalue weighted by atomic mass is 10.2. The van der Waals surface area contributed by atoms with E-state index in [1.165, 1.54) is 10.6 Å². The molecule has 0 aromatic heterocycles. The van der Waals surface area contributed by atoms with Crippen LogP contribution in [0, 0.1) is 0 Å². The van der Waals surface area contributed by atoms with Gasteiger partial charge in [-0.2, -0.15) is 0 Å². The van der Waals surface area contributed by atoms with Gasteiger partial charge in [0.25, 0.3) is 0 Å². The molecule has 6 nitrogen and oxygen atoms in total. The first-order valence-corrected chi connectivity index (χ1v) is 11.3. The fourth-order valence-corrected chi connectivity index (χ4v) is 4.41. The Morgan fingerprint density at radius 2 is 1.62 bits per heavy atom. The molecule has 1 amide bonds. The smallest absolute Gasteiger partial charge is 0.232 e. The monoisotopic (exact) mass is 381 g/mol. The van der Waals surface area contributed by atoms with Crippen LogP contribution >= 0.6 is 0 Å². The van der Waals surface area contributed by atoms with E-state index in [4.69, 9.17) is 0 Å². The molecule has 0 aliphatic heterocycles. The van der Waals surface area contributed by atoms with E-state index in [1.54, 1.807) is 0 Å². The molecule has 26 heavy (non-hydrogen) atoms. The van der Waals surface area contributed by atoms with Crippen molar-refractivity contribution in [1.82, 2.24) is 5.32 Å². The van der Waals surface area contributed by atoms with Crippen molar-refractivity contribution < 1.29 is 13.2 Å². The van der Waals surface area contributed by atoms with Crippen LogP contribution < -0.4 is 14.5 Å². The minimum Gasteiger partial charge on any atom is -0.372 e. The van der Waals surface area contributed by atoms with E-state index in [2.05, 4.69) is 24.1 Å². The minimum absolute atomic E-state index is 0.0784. The predicted molar refractivity (Wildman–Crippen MR) is 107 cm³/mol. The molecule has 0 unspecified atom stereocenters. The average Bonchev–Trinajstić information content (AvgIpc) is 3.09. The second-order valence-corrected chi connectivity index (χ2v) is 8.73. The summed E-state index contributed by atoms with van der Waals surface area (Å²) in [5, 5.41) is 3.01. The van der Waals surface area contributed by atoms with Crippen LogP contribution in [-0.2, 0) is 14.8 Å². The van der Waals surface area contributed by atoms with Crippen LogP contribution in [0.1, 0.15) is 46.0 Å². The van der Waals surface area contributed by atoms with Crippen molar-refractivity contribution in [2.24, 2.45) is 0 Å². The van der Waals surface area contributed by atoms with Crippen molar-refractivity contribution in [3.05, 3.63) is 24.3 Å². The highest BCUT2D eigenvalue weighted by atomic mass is 32.2. The number of benzene rings is 1. The van der Waals surface area contributed by atoms with Gasteiger partial charge in [-0.3, -0.25) is 9.10 Å². The van der Waals surface area contributed by atoms with Gasteiger partial charge in [-0.25, -0.2) is 8.42 Å². The van der Waals surface area contributed by atoms with Crippen molar-refractivity contribution in [2.75, 3.05) is 35.1 Å². The summed E-state index contributed by atoms with van der Waals surface area (Å²) in [6, 6.07) is 7.73. The standard InChI is InChI=1S/C19H31N3O3S/c1-4-21(5-2)17-10-12-18(13-11-17)22(26(3,24)25)15-14-19(23)20-16-8-6-7-9-16/h10-13,16H,4-9,14-15H2,1-3H3,(H,20,23). The molecule has 0 radical (unpaired) electrons. The molecule has 0 spiro atoms. The zero-order chi connectivity index (χ0) is 19.2. The lowest BCUT2D eigenvalue weighted by Gasteiger charge is -2.25. The number of carbonyl (C=O) groups is 1. The Bertz CT molecular complexity index is 678. The van der Waals surface area contributed by atoms with Crippen LogP contribution in [0.4, 0.5) is 11.4 Å². The second kappa shape index (κ2) is 9.26. The molecule has 146 valence electrons. The Balaban J connectivity index is 2.04. The van der Waals surface area contributed by atoms with E-state index in [0.29, 0.717) is 5.69 Å². The predicted octanol–water partition coefficient (Wildman–Crippen LogP) is 2.75. The van der Waals surface area contributed by atoms with Gasteiger partial charge in [-0.05, 0) is 51.0 Å². The molecule has 1 aliphatic rings. The van der Waals surface area contributed by atoms with Crippen LogP contribution in [0.5, 0.6) is 0 Å². The van der Waals surface area contributed by atoms with Gasteiger partial charge in [-0.15, -0.1) is 0 Å². The summed E-state index contributed by atoms with van der Waals surface area (Å²) in [6.07, 6.45) is 5.70. The van der Waals surface area contributed by atoms with Crippen molar-refractivity contribution >= 4 is 27.3 Å². The third-order valence-corrected chi connectivity index (χ3v) is 6.12. The lowest BCUT2D eigenvalue weighted by molar-refractivity contribution is -0.121. The van der Waals surface area contributed by atoms with Gasteiger partial charge < -0.3 is 10.2 Å². The summed E-state index contributed by atoms with van der Waals surface area (Å²) in [5.74, 6) is -0.0784. The van der Waals surface area contributed by atoms with Gasteiger partial charge in [-0.1, -0.05) is 12.8 Å². The highest BCUT2D eigenvalue weighted by Gasteiger charge is 2.21. The summed E-state index contributed by atoms with van der Waals surface area (Å²) in [4.78, 5) is 14.3. The molecule has 7 heteroatoms. The molecule has 1 aromatic carbocycles. The van der Waals surface area contributed by atoms with Crippen LogP contribution in [0.3, 0.4) is 0 Å². The van der Waals surface area contributed by atoms with Crippen LogP contribution in [0.2, 0.25) is 0 Å². The summed E-state index contributed by atoms with van der Waals surface area (Å²) >= 11 is 0. The molecular weight excluding hydrogens is 350 g/mol. The van der Waals surface area contributed by atoms with Gasteiger partial charge in [0, 0.05) is 37.8 Å². The first-order valence-electron chi connectivity index (χ1n) is 9.47. The molecule has 0 heterocycles. The fourth-order valence-electron chi connectivity index (χ4n) is 3.48. The van der Waals surface area contributed by atoms with Crippen LogP contribution in [0.25, 0.3) is 0 Å². The van der Waals surface area contributed by atoms with Crippen molar-refractivity contribution in [2.45, 2.75) is 52.0 Å². The third kappa shape index (κ3) is 5.62. The largest absolute Gasteiger partial charge is 0.372 e. The zero-order valence-corrected chi connectivity index (χ0v) is 16.9. The molecule has 1 aliphatic carbocycles. The first kappa shape index (κ1) is 20.6. The Kier molecular flexibility index (Phi) is 7.32. The van der Waals surface area contributed by atoms with E-state index in [0.717, 1.165) is 44.5 Å². The Hall–Kier alpha value is -1.76. The van der Waals surface area contributed by atoms with E-state index in [-0.39, 0.29) is 24.9 Å². The first-order chi connectivity index (χ1) is 12.3. The van der Waals surface area contributed by atoms with Gasteiger partial charge in [0.1, 0.15) is 0 Å². The maximum Gasteiger partial charge on any atom is 0.232 e. The quantitative estimate of drug-likeness (QED) is 0.714. The molecule has 0 saturated heterocycles. The summed E-state index contributed by atoms with van der Waals surface area (Å²) in [7, 11) is -3.45. The average molecular weight is 382 g/mol. The Morgan fingerprint density at radius 1 is 1.08 bits per heavy atom. The number of rotatable bonds is 9. The van der Waals surface area contributed by atoms with Crippen molar-refractivity contribution in [1.29, 1.82) is 0 Å². The van der Waals surface area contributed by atoms with E-state index in [1.807, 2.05) is 24.3 Å². The maximum absolute atomic E-state index is 12.2. The van der Waals surface area contributed by atoms with Crippen LogP contribution in [-0.4, -0.2) is 46.3 Å². The highest BCUT2D eigenvalue weighted by molar-refractivity contribution is 7.92. The van der Waals surface area contributed by atoms with Crippen molar-refractivity contribution in [3.63, 3.8) is 0 Å². The third-order valence-electron chi connectivity index (χ3n) is 4.93. The molecule has 0 atom stereocenters. The lowest BCUT2D eigenvalue weighted by Crippen LogP contribution is -2.37. The van der Waals surface area contributed by atoms with Gasteiger partial charge in [0.05, 0.1) is 11.9 Å². The Morgan fingerprint density at radius 3 is 2.12 bits per heavy atom. The van der Waals surface area contributed by atoms with E-state index in [9.17, 15) is 13.2 Å². The molecule has 1 N–H and O–H groups in total. The fraction of sp³-hybridized carbons (Fsp3) is 0.632. The highest BCUT2D eigenvalue weighted by Crippen LogP contribution is 2.23. The zero-order valence-electron chi connectivity index (χ0n) is 16.1. The number of hydrogen-bond acceptors (Lipinski definition) is 4. The number of anilines is 2. The minimum atomic E-state index is -3.45. The molecule has 0 bridgehead atoms. The number of amides is 1. The molecule has 1 saturated carbocycles.